The van der Waals surface area contributed by atoms with E-state index in [0.29, 0.717) is 43.1 Å². The fraction of sp³-hybridized carbons (Fsp3) is 0.456. The Balaban J connectivity index is 0.000000139. The maximum Gasteiger partial charge on any atom is 0.311 e. The number of likely N-dealkylation sites (tertiary alicyclic amines) is 2. The minimum absolute atomic E-state index is 0.00729. The maximum absolute atomic E-state index is 12.7. The number of nitrogens with two attached hydrogens (primary N) is 1. The number of nitrogens with one attached hydrogen (secondary N) is 1. The van der Waals surface area contributed by atoms with Crippen LogP contribution in [0.2, 0.25) is 0 Å². The molecule has 6 aromatic rings. The van der Waals surface area contributed by atoms with Crippen molar-refractivity contribution in [3.8, 4) is 17.1 Å². The van der Waals surface area contributed by atoms with Crippen LogP contribution in [0.4, 0.5) is 17.1 Å². The summed E-state index contributed by atoms with van der Waals surface area (Å²) in [6, 6.07) is 29.2. The van der Waals surface area contributed by atoms with Gasteiger partial charge < -0.3 is 25.3 Å². The number of aromatic nitrogens is 6. The number of carbonyl (C=O) groups excluding carboxylic acids is 4. The SMILES string of the molecule is Nc1cn(-c2ccccc2)nc1CC(=O)C1CCN(C2COC2)CC1.O=C(Cc1nn(-c2ccccc2)cc1[N+](=O)[O-])C1CCN(C2COC2)CC1.O=C(Cc1nn(-c2ccccc2)cc1[N+](=O)[O-])C1CCNCC1.O=C1COC1. The standard InChI is InChI=1S/C19H22N4O4.C19H24N4O2.C16H18N4O3.C3H4O2/c24-19(14-6-8-21(9-7-14)16-12-27-13-16)10-17-18(23(25)26)11-22(20-17)15-4-2-1-3-5-15;20-17-11-23(15-4-2-1-3-5-15)21-18(17)10-19(24)14-6-8-22(9-7-14)16-12-25-13-16;21-16(12-6-8-17-9-7-12)10-14-15(20(22)23)11-19(18-14)13-4-2-1-3-5-13;4-3-1-5-2-3/h1-5,11,14,16H,6-10,12-13H2;1-5,11,14,16H,6-10,12-13,20H2;1-5,11-12,17H,6-10H2;1-2H2. The molecule has 422 valence electrons. The smallest absolute Gasteiger partial charge is 0.311 e. The lowest BCUT2D eigenvalue weighted by atomic mass is 9.89. The largest absolute Gasteiger partial charge is 0.396 e. The molecule has 0 atom stereocenters. The van der Waals surface area contributed by atoms with Crippen LogP contribution < -0.4 is 11.1 Å². The van der Waals surface area contributed by atoms with Gasteiger partial charge in [0.05, 0.1) is 102 Å². The van der Waals surface area contributed by atoms with E-state index in [-0.39, 0.29) is 76.5 Å². The highest BCUT2D eigenvalue weighted by Gasteiger charge is 2.35. The minimum Gasteiger partial charge on any atom is -0.396 e. The molecule has 23 nitrogen and oxygen atoms in total. The number of hydrogen-bond donors (Lipinski definition) is 2. The number of benzene rings is 3. The van der Waals surface area contributed by atoms with E-state index in [9.17, 15) is 39.4 Å². The first kappa shape index (κ1) is 57.0. The summed E-state index contributed by atoms with van der Waals surface area (Å²) in [6.07, 6.45) is 9.90. The highest BCUT2D eigenvalue weighted by Crippen LogP contribution is 2.29. The molecule has 3 N–H and O–H groups in total. The van der Waals surface area contributed by atoms with Gasteiger partial charge in [0.25, 0.3) is 0 Å². The Hall–Kier alpha value is -7.67. The Morgan fingerprint density at radius 2 is 0.863 bits per heavy atom. The monoisotopic (exact) mass is 1100 g/mol. The number of carbonyl (C=O) groups is 4. The van der Waals surface area contributed by atoms with Gasteiger partial charge in [0.2, 0.25) is 0 Å². The number of nitrogens with zero attached hydrogens (tertiary/aromatic N) is 10. The first-order chi connectivity index (χ1) is 38.9. The van der Waals surface area contributed by atoms with Crippen molar-refractivity contribution >= 4 is 40.2 Å². The van der Waals surface area contributed by atoms with E-state index in [1.54, 1.807) is 10.9 Å². The second-order valence-electron chi connectivity index (χ2n) is 20.8. The quantitative estimate of drug-likeness (QED) is 0.0935. The molecular formula is C57H68N12O11. The number of nitrogen functional groups attached to an aromatic ring is 1. The summed E-state index contributed by atoms with van der Waals surface area (Å²) in [4.78, 5) is 74.1. The molecule has 6 aliphatic heterocycles. The summed E-state index contributed by atoms with van der Waals surface area (Å²) in [7, 11) is 0. The molecule has 9 heterocycles. The van der Waals surface area contributed by atoms with E-state index in [2.05, 4.69) is 35.1 Å². The summed E-state index contributed by atoms with van der Waals surface area (Å²) in [5.74, 6) is 0.591. The van der Waals surface area contributed by atoms with Gasteiger partial charge in [0.15, 0.2) is 5.78 Å². The number of ketones is 4. The molecule has 3 aromatic carbocycles. The molecule has 12 rings (SSSR count). The third-order valence-electron chi connectivity index (χ3n) is 15.4. The van der Waals surface area contributed by atoms with Crippen LogP contribution in [0.3, 0.4) is 0 Å². The molecule has 0 spiro atoms. The Morgan fingerprint density at radius 3 is 1.19 bits per heavy atom. The van der Waals surface area contributed by atoms with Crippen molar-refractivity contribution in [1.29, 1.82) is 0 Å². The van der Waals surface area contributed by atoms with Gasteiger partial charge in [-0.3, -0.25) is 49.2 Å². The van der Waals surface area contributed by atoms with Gasteiger partial charge in [-0.05, 0) is 114 Å². The Kier molecular flexibility index (Phi) is 19.6. The first-order valence-corrected chi connectivity index (χ1v) is 27.3. The molecule has 80 heavy (non-hydrogen) atoms. The van der Waals surface area contributed by atoms with Gasteiger partial charge in [-0.2, -0.15) is 15.3 Å². The Bertz CT molecular complexity index is 3040. The molecule has 6 fully saturated rings. The normalized spacial score (nSPS) is 18.4. The zero-order chi connectivity index (χ0) is 56.0. The van der Waals surface area contributed by atoms with Crippen molar-refractivity contribution in [2.24, 2.45) is 17.8 Å². The third-order valence-corrected chi connectivity index (χ3v) is 15.4. The lowest BCUT2D eigenvalue weighted by Gasteiger charge is -2.41. The van der Waals surface area contributed by atoms with Crippen LogP contribution in [0, 0.1) is 38.0 Å². The number of Topliss-reactive ketones (excluding diaryl/α,β-unsaturated/α-hetero) is 4. The average Bonchev–Trinajstić information content (AvgIpc) is 4.20. The predicted molar refractivity (Wildman–Crippen MR) is 294 cm³/mol. The number of hydrogen-bond acceptors (Lipinski definition) is 18. The topological polar surface area (TPSA) is 280 Å². The van der Waals surface area contributed by atoms with E-state index in [1.807, 2.05) is 91.0 Å². The number of anilines is 1. The molecule has 0 bridgehead atoms. The number of piperidine rings is 3. The summed E-state index contributed by atoms with van der Waals surface area (Å²) in [5, 5.41) is 39.0. The highest BCUT2D eigenvalue weighted by atomic mass is 16.6. The van der Waals surface area contributed by atoms with Gasteiger partial charge >= 0.3 is 11.4 Å². The fourth-order valence-corrected chi connectivity index (χ4v) is 10.4. The summed E-state index contributed by atoms with van der Waals surface area (Å²) < 4.78 is 19.7. The van der Waals surface area contributed by atoms with Gasteiger partial charge in [0, 0.05) is 17.8 Å². The second kappa shape index (κ2) is 27.5. The van der Waals surface area contributed by atoms with Crippen LogP contribution in [-0.4, -0.2) is 163 Å². The van der Waals surface area contributed by atoms with E-state index < -0.39 is 9.85 Å². The van der Waals surface area contributed by atoms with Crippen LogP contribution in [0.25, 0.3) is 17.1 Å². The molecule has 0 aliphatic carbocycles. The van der Waals surface area contributed by atoms with Gasteiger partial charge in [-0.25, -0.2) is 14.0 Å². The molecule has 0 radical (unpaired) electrons. The van der Waals surface area contributed by atoms with Crippen molar-refractivity contribution in [1.82, 2.24) is 44.5 Å². The van der Waals surface area contributed by atoms with Crippen molar-refractivity contribution in [3.63, 3.8) is 0 Å². The zero-order valence-corrected chi connectivity index (χ0v) is 44.7. The summed E-state index contributed by atoms with van der Waals surface area (Å²) >= 11 is 0. The van der Waals surface area contributed by atoms with E-state index in [1.165, 1.54) is 21.8 Å². The molecule has 0 amide bonds. The number of nitro groups is 2. The molecule has 6 aliphatic rings. The minimum atomic E-state index is -0.475. The Labute approximate surface area is 462 Å². The highest BCUT2D eigenvalue weighted by molar-refractivity contribution is 5.85. The number of para-hydroxylation sites is 3. The average molecular weight is 1100 g/mol. The van der Waals surface area contributed by atoms with Crippen molar-refractivity contribution < 1.29 is 43.2 Å². The molecule has 23 heteroatoms. The molecule has 0 unspecified atom stereocenters. The predicted octanol–water partition coefficient (Wildman–Crippen LogP) is 5.16. The maximum atomic E-state index is 12.7. The van der Waals surface area contributed by atoms with E-state index in [4.69, 9.17) is 15.2 Å². The van der Waals surface area contributed by atoms with Gasteiger partial charge in [-0.15, -0.1) is 0 Å². The third kappa shape index (κ3) is 15.0. The van der Waals surface area contributed by atoms with E-state index >= 15 is 0 Å². The first-order valence-electron chi connectivity index (χ1n) is 27.3. The van der Waals surface area contributed by atoms with Crippen molar-refractivity contribution in [2.75, 3.05) is 84.6 Å². The van der Waals surface area contributed by atoms with Crippen molar-refractivity contribution in [3.05, 3.63) is 147 Å². The van der Waals surface area contributed by atoms with Gasteiger partial charge in [-0.1, -0.05) is 54.6 Å². The molecule has 3 aromatic heterocycles. The number of ether oxygens (including phenoxy) is 3. The second-order valence-corrected chi connectivity index (χ2v) is 20.8. The lowest BCUT2D eigenvalue weighted by Crippen LogP contribution is -2.52. The lowest BCUT2D eigenvalue weighted by molar-refractivity contribution is -0.385. The fourth-order valence-electron chi connectivity index (χ4n) is 10.4. The van der Waals surface area contributed by atoms with Gasteiger partial charge in [0.1, 0.15) is 54.3 Å². The number of rotatable bonds is 16. The Morgan fingerprint density at radius 1 is 0.525 bits per heavy atom. The van der Waals surface area contributed by atoms with Crippen molar-refractivity contribution in [2.45, 2.75) is 69.9 Å². The zero-order valence-electron chi connectivity index (χ0n) is 44.7. The van der Waals surface area contributed by atoms with Crippen LogP contribution in [0.15, 0.2) is 110 Å². The summed E-state index contributed by atoms with van der Waals surface area (Å²) in [5.41, 5.74) is 10.0. The molecule has 0 saturated carbocycles. The van der Waals surface area contributed by atoms with Crippen LogP contribution in [0.1, 0.15) is 55.6 Å². The van der Waals surface area contributed by atoms with E-state index in [0.717, 1.165) is 121 Å². The molecular weight excluding hydrogens is 1030 g/mol. The van der Waals surface area contributed by atoms with Crippen LogP contribution in [0.5, 0.6) is 0 Å². The van der Waals surface area contributed by atoms with Crippen LogP contribution in [-0.2, 0) is 52.7 Å². The van der Waals surface area contributed by atoms with Crippen LogP contribution >= 0.6 is 0 Å². The summed E-state index contributed by atoms with van der Waals surface area (Å²) in [6.45, 7) is 9.29. The molecule has 6 saturated heterocycles.